The Balaban J connectivity index is 2.53. The molecule has 17 heavy (non-hydrogen) atoms. The Labute approximate surface area is 109 Å². The Morgan fingerprint density at radius 1 is 1.29 bits per heavy atom. The van der Waals surface area contributed by atoms with Crippen LogP contribution in [0.4, 0.5) is 0 Å². The first-order chi connectivity index (χ1) is 8.19. The molecule has 0 saturated carbocycles. The normalized spacial score (nSPS) is 12.0. The van der Waals surface area contributed by atoms with Crippen LogP contribution in [0.25, 0.3) is 0 Å². The van der Waals surface area contributed by atoms with Crippen LogP contribution < -0.4 is 11.1 Å². The van der Waals surface area contributed by atoms with Gasteiger partial charge in [0.15, 0.2) is 0 Å². The summed E-state index contributed by atoms with van der Waals surface area (Å²) in [6.45, 7) is 8.31. The largest absolute Gasteiger partial charge is 0.330 e. The predicted molar refractivity (Wildman–Crippen MR) is 75.3 cm³/mol. The average molecular weight is 255 g/mol. The molecule has 1 rings (SSSR count). The quantitative estimate of drug-likeness (QED) is 0.751. The minimum atomic E-state index is 0.275. The lowest BCUT2D eigenvalue weighted by molar-refractivity contribution is 0.287. The van der Waals surface area contributed by atoms with Crippen LogP contribution in [0.3, 0.4) is 0 Å². The van der Waals surface area contributed by atoms with E-state index >= 15 is 0 Å². The fourth-order valence-electron chi connectivity index (χ4n) is 2.07. The van der Waals surface area contributed by atoms with Gasteiger partial charge in [0.1, 0.15) is 0 Å². The molecule has 1 heterocycles. The summed E-state index contributed by atoms with van der Waals surface area (Å²) in [6.07, 6.45) is 4.39. The van der Waals surface area contributed by atoms with Gasteiger partial charge in [0.05, 0.1) is 10.7 Å². The van der Waals surface area contributed by atoms with Gasteiger partial charge in [0.25, 0.3) is 0 Å². The van der Waals surface area contributed by atoms with E-state index in [2.05, 4.69) is 36.5 Å². The number of thiazole rings is 1. The van der Waals surface area contributed by atoms with Crippen molar-refractivity contribution in [1.82, 2.24) is 10.3 Å². The van der Waals surface area contributed by atoms with Gasteiger partial charge in [-0.3, -0.25) is 0 Å². The van der Waals surface area contributed by atoms with Gasteiger partial charge in [-0.15, -0.1) is 11.3 Å². The SMILES string of the molecule is CCC(CC)(CC)NCc1csc(CCN)n1. The van der Waals surface area contributed by atoms with Crippen molar-refractivity contribution in [2.24, 2.45) is 5.73 Å². The Bertz CT molecular complexity index is 310. The van der Waals surface area contributed by atoms with E-state index < -0.39 is 0 Å². The molecule has 0 aromatic carbocycles. The van der Waals surface area contributed by atoms with Crippen LogP contribution in [0.15, 0.2) is 5.38 Å². The fourth-order valence-corrected chi connectivity index (χ4v) is 2.89. The molecule has 98 valence electrons. The fraction of sp³-hybridized carbons (Fsp3) is 0.769. The van der Waals surface area contributed by atoms with E-state index in [9.17, 15) is 0 Å². The third kappa shape index (κ3) is 4.05. The van der Waals surface area contributed by atoms with Crippen LogP contribution in [0, 0.1) is 0 Å². The molecule has 0 radical (unpaired) electrons. The molecule has 0 bridgehead atoms. The zero-order chi connectivity index (χ0) is 12.7. The summed E-state index contributed by atoms with van der Waals surface area (Å²) in [7, 11) is 0. The highest BCUT2D eigenvalue weighted by Crippen LogP contribution is 2.20. The maximum atomic E-state index is 5.53. The monoisotopic (exact) mass is 255 g/mol. The summed E-state index contributed by atoms with van der Waals surface area (Å²) in [6, 6.07) is 0. The zero-order valence-corrected chi connectivity index (χ0v) is 12.1. The van der Waals surface area contributed by atoms with Gasteiger partial charge in [0, 0.05) is 23.9 Å². The van der Waals surface area contributed by atoms with Crippen molar-refractivity contribution in [2.45, 2.75) is 58.5 Å². The van der Waals surface area contributed by atoms with Gasteiger partial charge in [-0.25, -0.2) is 4.98 Å². The highest BCUT2D eigenvalue weighted by molar-refractivity contribution is 7.09. The minimum absolute atomic E-state index is 0.275. The van der Waals surface area contributed by atoms with E-state index in [1.54, 1.807) is 11.3 Å². The summed E-state index contributed by atoms with van der Waals surface area (Å²) in [5.41, 5.74) is 6.96. The summed E-state index contributed by atoms with van der Waals surface area (Å²) < 4.78 is 0. The van der Waals surface area contributed by atoms with E-state index in [1.165, 1.54) is 19.3 Å². The van der Waals surface area contributed by atoms with Crippen molar-refractivity contribution in [2.75, 3.05) is 6.54 Å². The molecule has 0 aliphatic rings. The van der Waals surface area contributed by atoms with Gasteiger partial charge in [-0.1, -0.05) is 20.8 Å². The maximum Gasteiger partial charge on any atom is 0.0941 e. The Morgan fingerprint density at radius 2 is 1.94 bits per heavy atom. The topological polar surface area (TPSA) is 50.9 Å². The lowest BCUT2D eigenvalue weighted by atomic mass is 9.90. The van der Waals surface area contributed by atoms with Gasteiger partial charge in [-0.05, 0) is 25.8 Å². The summed E-state index contributed by atoms with van der Waals surface area (Å²) in [4.78, 5) is 4.58. The average Bonchev–Trinajstić information content (AvgIpc) is 2.80. The number of nitrogens with two attached hydrogens (primary N) is 1. The first-order valence-electron chi connectivity index (χ1n) is 6.58. The molecule has 0 spiro atoms. The Morgan fingerprint density at radius 3 is 2.47 bits per heavy atom. The van der Waals surface area contributed by atoms with Gasteiger partial charge < -0.3 is 11.1 Å². The number of rotatable bonds is 8. The lowest BCUT2D eigenvalue weighted by Crippen LogP contribution is -2.43. The third-order valence-electron chi connectivity index (χ3n) is 3.63. The predicted octanol–water partition coefficient (Wildman–Crippen LogP) is 2.70. The van der Waals surface area contributed by atoms with Crippen LogP contribution in [-0.4, -0.2) is 17.1 Å². The van der Waals surface area contributed by atoms with Crippen LogP contribution >= 0.6 is 11.3 Å². The van der Waals surface area contributed by atoms with Gasteiger partial charge in [-0.2, -0.15) is 0 Å². The zero-order valence-electron chi connectivity index (χ0n) is 11.3. The van der Waals surface area contributed by atoms with Crippen molar-refractivity contribution < 1.29 is 0 Å². The molecule has 0 aliphatic heterocycles. The van der Waals surface area contributed by atoms with Crippen LogP contribution in [0.5, 0.6) is 0 Å². The third-order valence-corrected chi connectivity index (χ3v) is 4.59. The molecule has 0 fully saturated rings. The van der Waals surface area contributed by atoms with Crippen molar-refractivity contribution in [3.8, 4) is 0 Å². The highest BCUT2D eigenvalue weighted by atomic mass is 32.1. The lowest BCUT2D eigenvalue weighted by Gasteiger charge is -2.31. The molecule has 0 saturated heterocycles. The molecule has 0 aliphatic carbocycles. The van der Waals surface area contributed by atoms with E-state index in [0.717, 1.165) is 23.7 Å². The minimum Gasteiger partial charge on any atom is -0.330 e. The Kier molecular flexibility index (Phi) is 6.09. The number of aromatic nitrogens is 1. The Hall–Kier alpha value is -0.450. The molecular weight excluding hydrogens is 230 g/mol. The van der Waals surface area contributed by atoms with Crippen molar-refractivity contribution in [3.63, 3.8) is 0 Å². The van der Waals surface area contributed by atoms with E-state index in [-0.39, 0.29) is 5.54 Å². The number of nitrogens with zero attached hydrogens (tertiary/aromatic N) is 1. The first-order valence-corrected chi connectivity index (χ1v) is 7.46. The molecule has 1 aromatic heterocycles. The van der Waals surface area contributed by atoms with E-state index in [4.69, 9.17) is 5.73 Å². The van der Waals surface area contributed by atoms with Gasteiger partial charge in [0.2, 0.25) is 0 Å². The first kappa shape index (κ1) is 14.6. The molecular formula is C13H25N3S. The molecule has 0 unspecified atom stereocenters. The molecule has 3 N–H and O–H groups in total. The van der Waals surface area contributed by atoms with Crippen molar-refractivity contribution in [3.05, 3.63) is 16.1 Å². The molecule has 1 aromatic rings. The van der Waals surface area contributed by atoms with Crippen LogP contribution in [0.1, 0.15) is 50.7 Å². The van der Waals surface area contributed by atoms with E-state index in [1.807, 2.05) is 0 Å². The smallest absolute Gasteiger partial charge is 0.0941 e. The van der Waals surface area contributed by atoms with Gasteiger partial charge >= 0.3 is 0 Å². The second-order valence-electron chi connectivity index (χ2n) is 4.47. The molecule has 3 nitrogen and oxygen atoms in total. The number of nitrogens with one attached hydrogen (secondary N) is 1. The number of hydrogen-bond acceptors (Lipinski definition) is 4. The summed E-state index contributed by atoms with van der Waals surface area (Å²) in [5, 5.41) is 6.96. The second kappa shape index (κ2) is 7.09. The van der Waals surface area contributed by atoms with Crippen molar-refractivity contribution >= 4 is 11.3 Å². The van der Waals surface area contributed by atoms with Crippen LogP contribution in [0.2, 0.25) is 0 Å². The molecule has 0 atom stereocenters. The highest BCUT2D eigenvalue weighted by Gasteiger charge is 2.22. The number of hydrogen-bond donors (Lipinski definition) is 2. The van der Waals surface area contributed by atoms with Crippen molar-refractivity contribution in [1.29, 1.82) is 0 Å². The maximum absolute atomic E-state index is 5.53. The second-order valence-corrected chi connectivity index (χ2v) is 5.41. The van der Waals surface area contributed by atoms with Crippen LogP contribution in [-0.2, 0) is 13.0 Å². The van der Waals surface area contributed by atoms with E-state index in [0.29, 0.717) is 6.54 Å². The summed E-state index contributed by atoms with van der Waals surface area (Å²) in [5.74, 6) is 0. The standard InChI is InChI=1S/C13H25N3S/c1-4-13(5-2,6-3)15-9-11-10-17-12(16-11)7-8-14/h10,15H,4-9,14H2,1-3H3. The molecule has 4 heteroatoms. The molecule has 0 amide bonds. The summed E-state index contributed by atoms with van der Waals surface area (Å²) >= 11 is 1.72.